The summed E-state index contributed by atoms with van der Waals surface area (Å²) in [5.74, 6) is -0.445. The van der Waals surface area contributed by atoms with Crippen LogP contribution in [0.4, 0.5) is 0 Å². The molecule has 0 aliphatic heterocycles. The van der Waals surface area contributed by atoms with Gasteiger partial charge in [-0.3, -0.25) is 4.98 Å². The van der Waals surface area contributed by atoms with Gasteiger partial charge in [-0.25, -0.2) is 4.79 Å². The Morgan fingerprint density at radius 2 is 2.20 bits per heavy atom. The van der Waals surface area contributed by atoms with Crippen LogP contribution in [0.2, 0.25) is 0 Å². The first-order valence-electron chi connectivity index (χ1n) is 4.44. The Morgan fingerprint density at radius 3 is 3.00 bits per heavy atom. The predicted molar refractivity (Wildman–Crippen MR) is 54.9 cm³/mol. The van der Waals surface area contributed by atoms with Crippen molar-refractivity contribution in [2.75, 3.05) is 6.61 Å². The van der Waals surface area contributed by atoms with Gasteiger partial charge in [-0.15, -0.1) is 0 Å². The third kappa shape index (κ3) is 2.22. The number of nitrogens with zero attached hydrogens (tertiary/aromatic N) is 1. The molecule has 0 spiro atoms. The molecule has 1 aromatic carbocycles. The molecule has 1 heterocycles. The van der Waals surface area contributed by atoms with Gasteiger partial charge in [-0.2, -0.15) is 0 Å². The molecule has 0 bridgehead atoms. The first-order chi connectivity index (χ1) is 7.25. The summed E-state index contributed by atoms with van der Waals surface area (Å²) in [5, 5.41) is 10.4. The number of pyridine rings is 1. The van der Waals surface area contributed by atoms with Crippen molar-refractivity contribution in [3.63, 3.8) is 0 Å². The van der Waals surface area contributed by atoms with E-state index in [0.29, 0.717) is 5.75 Å². The molecule has 76 valence electrons. The quantitative estimate of drug-likeness (QED) is 0.824. The fourth-order valence-electron chi connectivity index (χ4n) is 1.30. The van der Waals surface area contributed by atoms with E-state index in [1.165, 1.54) is 0 Å². The van der Waals surface area contributed by atoms with Crippen molar-refractivity contribution in [1.29, 1.82) is 0 Å². The van der Waals surface area contributed by atoms with Crippen LogP contribution in [0.1, 0.15) is 0 Å². The van der Waals surface area contributed by atoms with E-state index >= 15 is 0 Å². The number of ether oxygens (including phenoxy) is 1. The Kier molecular flexibility index (Phi) is 2.49. The number of rotatable bonds is 3. The maximum absolute atomic E-state index is 10.3. The average molecular weight is 203 g/mol. The molecule has 4 heteroatoms. The van der Waals surface area contributed by atoms with Crippen LogP contribution in [-0.4, -0.2) is 22.7 Å². The molecule has 4 nitrogen and oxygen atoms in total. The summed E-state index contributed by atoms with van der Waals surface area (Å²) in [6.45, 7) is -0.328. The number of carboxylic acids is 1. The third-order valence-corrected chi connectivity index (χ3v) is 1.97. The monoisotopic (exact) mass is 203 g/mol. The molecule has 0 radical (unpaired) electrons. The fraction of sp³-hybridized carbons (Fsp3) is 0.0909. The van der Waals surface area contributed by atoms with E-state index in [2.05, 4.69) is 4.98 Å². The van der Waals surface area contributed by atoms with Crippen molar-refractivity contribution in [1.82, 2.24) is 4.98 Å². The number of benzene rings is 1. The molecule has 2 aromatic rings. The highest BCUT2D eigenvalue weighted by molar-refractivity contribution is 5.82. The molecule has 0 aliphatic carbocycles. The molecule has 0 amide bonds. The largest absolute Gasteiger partial charge is 0.482 e. The highest BCUT2D eigenvalue weighted by Gasteiger charge is 2.00. The zero-order chi connectivity index (χ0) is 10.7. The molecule has 0 fully saturated rings. The molecule has 0 saturated carbocycles. The van der Waals surface area contributed by atoms with E-state index in [0.717, 1.165) is 10.8 Å². The molecule has 0 atom stereocenters. The van der Waals surface area contributed by atoms with Gasteiger partial charge in [0.25, 0.3) is 0 Å². The summed E-state index contributed by atoms with van der Waals surface area (Å²) in [4.78, 5) is 14.3. The molecule has 0 unspecified atom stereocenters. The van der Waals surface area contributed by atoms with Crippen LogP contribution in [0.5, 0.6) is 5.75 Å². The number of carboxylic acid groups (broad SMARTS) is 1. The zero-order valence-electron chi connectivity index (χ0n) is 7.88. The maximum atomic E-state index is 10.3. The molecule has 2 rings (SSSR count). The standard InChI is InChI=1S/C11H9NO3/c13-11(14)7-15-10-2-1-8-3-4-12-6-9(8)5-10/h1-6H,7H2,(H,13,14). The lowest BCUT2D eigenvalue weighted by molar-refractivity contribution is -0.139. The van der Waals surface area contributed by atoms with Crippen LogP contribution in [0.15, 0.2) is 36.7 Å². The molecule has 0 saturated heterocycles. The fourth-order valence-corrected chi connectivity index (χ4v) is 1.30. The molecular weight excluding hydrogens is 194 g/mol. The maximum Gasteiger partial charge on any atom is 0.341 e. The van der Waals surface area contributed by atoms with Gasteiger partial charge in [-0.1, -0.05) is 6.07 Å². The van der Waals surface area contributed by atoms with E-state index in [1.807, 2.05) is 12.1 Å². The van der Waals surface area contributed by atoms with Crippen molar-refractivity contribution in [3.8, 4) is 5.75 Å². The van der Waals surface area contributed by atoms with E-state index in [1.54, 1.807) is 24.5 Å². The Balaban J connectivity index is 2.26. The Hall–Kier alpha value is -2.10. The molecule has 1 aromatic heterocycles. The molecule has 15 heavy (non-hydrogen) atoms. The van der Waals surface area contributed by atoms with Crippen molar-refractivity contribution >= 4 is 16.7 Å². The Bertz CT molecular complexity index is 496. The number of aliphatic carboxylic acids is 1. The van der Waals surface area contributed by atoms with Crippen LogP contribution in [0.25, 0.3) is 10.8 Å². The van der Waals surface area contributed by atoms with Crippen molar-refractivity contribution in [2.24, 2.45) is 0 Å². The summed E-state index contributed by atoms with van der Waals surface area (Å²) >= 11 is 0. The van der Waals surface area contributed by atoms with Gasteiger partial charge in [0.1, 0.15) is 5.75 Å². The number of hydrogen-bond acceptors (Lipinski definition) is 3. The minimum atomic E-state index is -0.985. The van der Waals surface area contributed by atoms with Gasteiger partial charge in [0.05, 0.1) is 0 Å². The van der Waals surface area contributed by atoms with Gasteiger partial charge in [-0.05, 0) is 23.6 Å². The number of fused-ring (bicyclic) bond motifs is 1. The summed E-state index contributed by atoms with van der Waals surface area (Å²) in [5.41, 5.74) is 0. The molecule has 0 aliphatic rings. The topological polar surface area (TPSA) is 59.4 Å². The first-order valence-corrected chi connectivity index (χ1v) is 4.44. The number of hydrogen-bond donors (Lipinski definition) is 1. The van der Waals surface area contributed by atoms with E-state index < -0.39 is 5.97 Å². The van der Waals surface area contributed by atoms with Gasteiger partial charge in [0.15, 0.2) is 6.61 Å². The van der Waals surface area contributed by atoms with Crippen molar-refractivity contribution < 1.29 is 14.6 Å². The van der Waals surface area contributed by atoms with E-state index in [9.17, 15) is 4.79 Å². The van der Waals surface area contributed by atoms with Gasteiger partial charge in [0.2, 0.25) is 0 Å². The van der Waals surface area contributed by atoms with Gasteiger partial charge >= 0.3 is 5.97 Å². The first kappa shape index (κ1) is 9.45. The third-order valence-electron chi connectivity index (χ3n) is 1.97. The second-order valence-electron chi connectivity index (χ2n) is 3.07. The summed E-state index contributed by atoms with van der Waals surface area (Å²) in [6, 6.07) is 7.26. The normalized spacial score (nSPS) is 10.1. The smallest absolute Gasteiger partial charge is 0.341 e. The second-order valence-corrected chi connectivity index (χ2v) is 3.07. The SMILES string of the molecule is O=C(O)COc1ccc2ccncc2c1. The average Bonchev–Trinajstić information content (AvgIpc) is 2.26. The van der Waals surface area contributed by atoms with Crippen molar-refractivity contribution in [2.45, 2.75) is 0 Å². The lowest BCUT2D eigenvalue weighted by Gasteiger charge is -2.03. The van der Waals surface area contributed by atoms with Gasteiger partial charge in [0, 0.05) is 17.8 Å². The van der Waals surface area contributed by atoms with E-state index in [-0.39, 0.29) is 6.61 Å². The second kappa shape index (κ2) is 3.96. The van der Waals surface area contributed by atoms with Crippen LogP contribution >= 0.6 is 0 Å². The van der Waals surface area contributed by atoms with Crippen LogP contribution in [0, 0.1) is 0 Å². The lowest BCUT2D eigenvalue weighted by atomic mass is 10.2. The Morgan fingerprint density at radius 1 is 1.33 bits per heavy atom. The molecular formula is C11H9NO3. The molecule has 1 N–H and O–H groups in total. The zero-order valence-corrected chi connectivity index (χ0v) is 7.88. The van der Waals surface area contributed by atoms with Crippen LogP contribution < -0.4 is 4.74 Å². The minimum absolute atomic E-state index is 0.328. The van der Waals surface area contributed by atoms with Crippen molar-refractivity contribution in [3.05, 3.63) is 36.7 Å². The van der Waals surface area contributed by atoms with Gasteiger partial charge < -0.3 is 9.84 Å². The summed E-state index contributed by atoms with van der Waals surface area (Å²) in [6.07, 6.45) is 3.42. The highest BCUT2D eigenvalue weighted by atomic mass is 16.5. The van der Waals surface area contributed by atoms with Crippen LogP contribution in [0.3, 0.4) is 0 Å². The summed E-state index contributed by atoms with van der Waals surface area (Å²) < 4.78 is 5.05. The number of carbonyl (C=O) groups is 1. The lowest BCUT2D eigenvalue weighted by Crippen LogP contribution is -2.09. The Labute approximate surface area is 86.1 Å². The minimum Gasteiger partial charge on any atom is -0.482 e. The number of aromatic nitrogens is 1. The van der Waals surface area contributed by atoms with E-state index in [4.69, 9.17) is 9.84 Å². The van der Waals surface area contributed by atoms with Crippen LogP contribution in [-0.2, 0) is 4.79 Å². The highest BCUT2D eigenvalue weighted by Crippen LogP contribution is 2.19. The predicted octanol–water partition coefficient (Wildman–Crippen LogP) is 1.70. The summed E-state index contributed by atoms with van der Waals surface area (Å²) in [7, 11) is 0.